The predicted molar refractivity (Wildman–Crippen MR) is 94.2 cm³/mol. The van der Waals surface area contributed by atoms with Crippen molar-refractivity contribution in [3.8, 4) is 0 Å². The van der Waals surface area contributed by atoms with E-state index >= 15 is 0 Å². The van der Waals surface area contributed by atoms with Crippen LogP contribution in [-0.2, 0) is 11.3 Å². The Morgan fingerprint density at radius 3 is 2.76 bits per heavy atom. The monoisotopic (exact) mass is 348 g/mol. The van der Waals surface area contributed by atoms with Crippen LogP contribution in [0.4, 0.5) is 0 Å². The Labute approximate surface area is 148 Å². The molecule has 0 spiro atoms. The molecule has 7 heteroatoms. The maximum absolute atomic E-state index is 12.5. The molecule has 1 aromatic heterocycles. The Morgan fingerprint density at radius 1 is 1.20 bits per heavy atom. The highest BCUT2D eigenvalue weighted by molar-refractivity contribution is 5.91. The second kappa shape index (κ2) is 8.49. The molecule has 1 aromatic rings. The van der Waals surface area contributed by atoms with Gasteiger partial charge >= 0.3 is 0 Å². The summed E-state index contributed by atoms with van der Waals surface area (Å²) in [4.78, 5) is 30.1. The highest BCUT2D eigenvalue weighted by Gasteiger charge is 2.20. The first kappa shape index (κ1) is 17.9. The van der Waals surface area contributed by atoms with E-state index in [1.807, 2.05) is 18.0 Å². The van der Waals surface area contributed by atoms with Gasteiger partial charge in [0.05, 0.1) is 13.1 Å². The largest absolute Gasteiger partial charge is 0.455 e. The molecule has 25 heavy (non-hydrogen) atoms. The number of hydrogen-bond donors (Lipinski definition) is 1. The second-order valence-corrected chi connectivity index (χ2v) is 6.96. The lowest BCUT2D eigenvalue weighted by Gasteiger charge is -2.28. The summed E-state index contributed by atoms with van der Waals surface area (Å²) in [5, 5.41) is 2.80. The lowest BCUT2D eigenvalue weighted by molar-refractivity contribution is -0.124. The van der Waals surface area contributed by atoms with Crippen LogP contribution in [0.15, 0.2) is 16.5 Å². The minimum absolute atomic E-state index is 0.0338. The first-order valence-electron chi connectivity index (χ1n) is 9.17. The Bertz CT molecular complexity index is 595. The number of carbonyl (C=O) groups is 2. The molecular weight excluding hydrogens is 320 g/mol. The molecule has 3 rings (SSSR count). The van der Waals surface area contributed by atoms with E-state index < -0.39 is 0 Å². The van der Waals surface area contributed by atoms with Gasteiger partial charge in [0.2, 0.25) is 5.91 Å². The molecule has 0 aliphatic carbocycles. The Morgan fingerprint density at radius 2 is 2.00 bits per heavy atom. The zero-order chi connectivity index (χ0) is 17.6. The van der Waals surface area contributed by atoms with E-state index in [1.165, 1.54) is 19.3 Å². The molecule has 2 saturated heterocycles. The van der Waals surface area contributed by atoms with E-state index in [9.17, 15) is 9.59 Å². The zero-order valence-electron chi connectivity index (χ0n) is 15.0. The summed E-state index contributed by atoms with van der Waals surface area (Å²) >= 11 is 0. The van der Waals surface area contributed by atoms with E-state index in [0.717, 1.165) is 31.9 Å². The van der Waals surface area contributed by atoms with Gasteiger partial charge in [-0.25, -0.2) is 0 Å². The molecule has 3 heterocycles. The molecule has 0 saturated carbocycles. The smallest absolute Gasteiger partial charge is 0.289 e. The summed E-state index contributed by atoms with van der Waals surface area (Å²) in [6.07, 6.45) is 3.83. The van der Waals surface area contributed by atoms with Crippen LogP contribution in [0.3, 0.4) is 0 Å². The number of hydrogen-bond acceptors (Lipinski definition) is 5. The quantitative estimate of drug-likeness (QED) is 0.822. The number of likely N-dealkylation sites (N-methyl/N-ethyl adjacent to an activating group) is 1. The fourth-order valence-corrected chi connectivity index (χ4v) is 3.39. The van der Waals surface area contributed by atoms with E-state index in [-0.39, 0.29) is 11.8 Å². The number of amides is 2. The van der Waals surface area contributed by atoms with Crippen LogP contribution < -0.4 is 5.32 Å². The summed E-state index contributed by atoms with van der Waals surface area (Å²) in [5.74, 6) is 1.05. The van der Waals surface area contributed by atoms with Crippen molar-refractivity contribution in [1.82, 2.24) is 20.0 Å². The van der Waals surface area contributed by atoms with Gasteiger partial charge in [0.25, 0.3) is 5.91 Å². The SMILES string of the molecule is CN(CCN1CCCCC1)C(=O)c1ccc(CN2CCNC(=O)C2)o1. The molecule has 0 bridgehead atoms. The summed E-state index contributed by atoms with van der Waals surface area (Å²) in [6, 6.07) is 3.57. The maximum atomic E-state index is 12.5. The molecule has 0 aromatic carbocycles. The Kier molecular flexibility index (Phi) is 6.09. The molecule has 0 unspecified atom stereocenters. The molecule has 2 amide bonds. The predicted octanol–water partition coefficient (Wildman–Crippen LogP) is 0.769. The van der Waals surface area contributed by atoms with Crippen LogP contribution in [0, 0.1) is 0 Å². The maximum Gasteiger partial charge on any atom is 0.289 e. The van der Waals surface area contributed by atoms with Gasteiger partial charge in [-0.3, -0.25) is 14.5 Å². The summed E-state index contributed by atoms with van der Waals surface area (Å²) in [6.45, 7) is 6.28. The molecule has 2 aliphatic rings. The molecule has 138 valence electrons. The first-order chi connectivity index (χ1) is 12.1. The van der Waals surface area contributed by atoms with Gasteiger partial charge in [0.1, 0.15) is 5.76 Å². The average molecular weight is 348 g/mol. The zero-order valence-corrected chi connectivity index (χ0v) is 15.0. The Hall–Kier alpha value is -1.86. The molecule has 2 aliphatic heterocycles. The number of carbonyl (C=O) groups excluding carboxylic acids is 2. The average Bonchev–Trinajstić information content (AvgIpc) is 3.08. The van der Waals surface area contributed by atoms with Gasteiger partial charge in [0.15, 0.2) is 5.76 Å². The van der Waals surface area contributed by atoms with Crippen LogP contribution >= 0.6 is 0 Å². The van der Waals surface area contributed by atoms with Gasteiger partial charge in [-0.1, -0.05) is 6.42 Å². The van der Waals surface area contributed by atoms with Crippen LogP contribution in [0.2, 0.25) is 0 Å². The molecular formula is C18H28N4O3. The summed E-state index contributed by atoms with van der Waals surface area (Å²) in [7, 11) is 1.82. The third-order valence-corrected chi connectivity index (χ3v) is 4.92. The van der Waals surface area contributed by atoms with Crippen LogP contribution in [0.5, 0.6) is 0 Å². The van der Waals surface area contributed by atoms with Gasteiger partial charge in [0, 0.05) is 33.2 Å². The van der Waals surface area contributed by atoms with Gasteiger partial charge in [-0.05, 0) is 38.1 Å². The lowest BCUT2D eigenvalue weighted by atomic mass is 10.1. The first-order valence-corrected chi connectivity index (χ1v) is 9.17. The number of furan rings is 1. The molecule has 0 atom stereocenters. The van der Waals surface area contributed by atoms with Crippen molar-refractivity contribution in [2.75, 3.05) is 52.9 Å². The standard InChI is InChI=1S/C18H28N4O3/c1-20(11-12-21-8-3-2-4-9-21)18(24)16-6-5-15(25-16)13-22-10-7-19-17(23)14-22/h5-6H,2-4,7-14H2,1H3,(H,19,23). The minimum atomic E-state index is -0.0837. The number of nitrogens with zero attached hydrogens (tertiary/aromatic N) is 3. The molecule has 1 N–H and O–H groups in total. The van der Waals surface area contributed by atoms with Crippen molar-refractivity contribution in [1.29, 1.82) is 0 Å². The third-order valence-electron chi connectivity index (χ3n) is 4.92. The number of piperazine rings is 1. The normalized spacial score (nSPS) is 19.6. The summed E-state index contributed by atoms with van der Waals surface area (Å²) in [5.41, 5.74) is 0. The van der Waals surface area contributed by atoms with Gasteiger partial charge < -0.3 is 19.5 Å². The van der Waals surface area contributed by atoms with E-state index in [4.69, 9.17) is 4.42 Å². The van der Waals surface area contributed by atoms with Gasteiger partial charge in [-0.2, -0.15) is 0 Å². The number of likely N-dealkylation sites (tertiary alicyclic amines) is 1. The Balaban J connectivity index is 1.48. The molecule has 0 radical (unpaired) electrons. The second-order valence-electron chi connectivity index (χ2n) is 6.96. The third kappa shape index (κ3) is 5.06. The molecule has 7 nitrogen and oxygen atoms in total. The van der Waals surface area contributed by atoms with Crippen LogP contribution in [-0.4, -0.2) is 79.4 Å². The summed E-state index contributed by atoms with van der Waals surface area (Å²) < 4.78 is 5.72. The number of nitrogens with one attached hydrogen (secondary N) is 1. The van der Waals surface area contributed by atoms with Crippen molar-refractivity contribution >= 4 is 11.8 Å². The van der Waals surface area contributed by atoms with Gasteiger partial charge in [-0.15, -0.1) is 0 Å². The van der Waals surface area contributed by atoms with Crippen molar-refractivity contribution < 1.29 is 14.0 Å². The van der Waals surface area contributed by atoms with E-state index in [2.05, 4.69) is 10.2 Å². The van der Waals surface area contributed by atoms with E-state index in [1.54, 1.807) is 11.0 Å². The van der Waals surface area contributed by atoms with E-state index in [0.29, 0.717) is 31.9 Å². The van der Waals surface area contributed by atoms with Crippen LogP contribution in [0.25, 0.3) is 0 Å². The van der Waals surface area contributed by atoms with Crippen molar-refractivity contribution in [2.45, 2.75) is 25.8 Å². The topological polar surface area (TPSA) is 69.0 Å². The fraction of sp³-hybridized carbons (Fsp3) is 0.667. The van der Waals surface area contributed by atoms with Crippen molar-refractivity contribution in [2.24, 2.45) is 0 Å². The highest BCUT2D eigenvalue weighted by atomic mass is 16.4. The lowest BCUT2D eigenvalue weighted by Crippen LogP contribution is -2.47. The van der Waals surface area contributed by atoms with Crippen molar-refractivity contribution in [3.05, 3.63) is 23.7 Å². The van der Waals surface area contributed by atoms with Crippen molar-refractivity contribution in [3.63, 3.8) is 0 Å². The number of rotatable bonds is 6. The number of piperidine rings is 1. The highest BCUT2D eigenvalue weighted by Crippen LogP contribution is 2.14. The minimum Gasteiger partial charge on any atom is -0.455 e. The fourth-order valence-electron chi connectivity index (χ4n) is 3.39. The molecule has 2 fully saturated rings. The van der Waals surface area contributed by atoms with Crippen LogP contribution in [0.1, 0.15) is 35.6 Å².